The maximum absolute atomic E-state index is 12.1. The highest BCUT2D eigenvalue weighted by Gasteiger charge is 2.39. The van der Waals surface area contributed by atoms with Crippen LogP contribution in [0, 0.1) is 0 Å². The molecule has 1 radical (unpaired) electrons. The van der Waals surface area contributed by atoms with Gasteiger partial charge in [-0.2, -0.15) is 0 Å². The molecule has 1 aromatic carbocycles. The molecule has 1 aliphatic rings. The van der Waals surface area contributed by atoms with E-state index < -0.39 is 0 Å². The molecule has 2 unspecified atom stereocenters. The normalized spacial score (nSPS) is 22.6. The SMILES string of the molecule is CCC1OC1CN([O])c1c(Br)cc(Br)cc1Br. The van der Waals surface area contributed by atoms with Crippen LogP contribution in [-0.4, -0.2) is 18.8 Å². The van der Waals surface area contributed by atoms with Crippen molar-refractivity contribution in [2.75, 3.05) is 11.6 Å². The van der Waals surface area contributed by atoms with E-state index in [-0.39, 0.29) is 12.2 Å². The molecular formula is C11H11Br3NO2. The second-order valence-corrected chi connectivity index (χ2v) is 6.52. The minimum absolute atomic E-state index is 0.0694. The highest BCUT2D eigenvalue weighted by Crippen LogP contribution is 2.38. The molecule has 0 bridgehead atoms. The third-order valence-electron chi connectivity index (χ3n) is 2.67. The predicted octanol–water partition coefficient (Wildman–Crippen LogP) is 4.30. The number of anilines is 1. The quantitative estimate of drug-likeness (QED) is 0.529. The monoisotopic (exact) mass is 426 g/mol. The zero-order chi connectivity index (χ0) is 12.6. The molecule has 3 nitrogen and oxygen atoms in total. The standard InChI is InChI=1S/C11H11Br3NO2/c1-2-9-10(17-9)5-15(16)11-7(13)3-6(12)4-8(11)14/h3-4,9-10H,2,5H2,1H3. The topological polar surface area (TPSA) is 35.7 Å². The second kappa shape index (κ2) is 5.57. The summed E-state index contributed by atoms with van der Waals surface area (Å²) < 4.78 is 7.83. The van der Waals surface area contributed by atoms with Crippen molar-refractivity contribution in [3.8, 4) is 0 Å². The van der Waals surface area contributed by atoms with Gasteiger partial charge in [-0.15, -0.1) is 0 Å². The molecule has 0 N–H and O–H groups in total. The summed E-state index contributed by atoms with van der Waals surface area (Å²) in [6.45, 7) is 2.43. The van der Waals surface area contributed by atoms with Gasteiger partial charge in [0.1, 0.15) is 6.10 Å². The molecule has 6 heteroatoms. The Hall–Kier alpha value is 0.380. The van der Waals surface area contributed by atoms with Crippen molar-refractivity contribution in [1.82, 2.24) is 0 Å². The molecule has 2 rings (SSSR count). The summed E-state index contributed by atoms with van der Waals surface area (Å²) in [5.74, 6) is 0. The number of hydroxylamine groups is 1. The van der Waals surface area contributed by atoms with Crippen LogP contribution < -0.4 is 5.06 Å². The first-order valence-electron chi connectivity index (χ1n) is 5.27. The van der Waals surface area contributed by atoms with Crippen molar-refractivity contribution in [1.29, 1.82) is 0 Å². The van der Waals surface area contributed by atoms with Gasteiger partial charge in [0.05, 0.1) is 18.3 Å². The molecule has 93 valence electrons. The van der Waals surface area contributed by atoms with E-state index in [2.05, 4.69) is 54.7 Å². The Morgan fingerprint density at radius 2 is 1.82 bits per heavy atom. The van der Waals surface area contributed by atoms with Gasteiger partial charge in [-0.05, 0) is 50.4 Å². The number of epoxide rings is 1. The van der Waals surface area contributed by atoms with Crippen molar-refractivity contribution in [3.63, 3.8) is 0 Å². The third-order valence-corrected chi connectivity index (χ3v) is 4.33. The largest absolute Gasteiger partial charge is 0.368 e. The molecule has 0 amide bonds. The first-order valence-corrected chi connectivity index (χ1v) is 7.65. The molecule has 0 aliphatic carbocycles. The van der Waals surface area contributed by atoms with Crippen molar-refractivity contribution in [2.45, 2.75) is 25.6 Å². The van der Waals surface area contributed by atoms with Gasteiger partial charge in [-0.1, -0.05) is 28.1 Å². The lowest BCUT2D eigenvalue weighted by atomic mass is 10.2. The van der Waals surface area contributed by atoms with E-state index in [4.69, 9.17) is 4.74 Å². The van der Waals surface area contributed by atoms with Crippen LogP contribution in [0.15, 0.2) is 25.6 Å². The molecule has 0 aromatic heterocycles. The summed E-state index contributed by atoms with van der Waals surface area (Å²) in [6, 6.07) is 3.71. The molecule has 1 aliphatic heterocycles. The smallest absolute Gasteiger partial charge is 0.104 e. The van der Waals surface area contributed by atoms with E-state index in [9.17, 15) is 5.21 Å². The molecular weight excluding hydrogens is 418 g/mol. The van der Waals surface area contributed by atoms with Crippen LogP contribution in [0.2, 0.25) is 0 Å². The van der Waals surface area contributed by atoms with Gasteiger partial charge in [0.2, 0.25) is 0 Å². The molecule has 0 spiro atoms. The summed E-state index contributed by atoms with van der Waals surface area (Å²) in [5, 5.41) is 13.0. The number of ether oxygens (including phenoxy) is 1. The van der Waals surface area contributed by atoms with Gasteiger partial charge in [0, 0.05) is 13.4 Å². The molecule has 17 heavy (non-hydrogen) atoms. The average molecular weight is 429 g/mol. The first kappa shape index (κ1) is 13.8. The molecule has 1 fully saturated rings. The van der Waals surface area contributed by atoms with E-state index in [1.54, 1.807) is 0 Å². The lowest BCUT2D eigenvalue weighted by Crippen LogP contribution is -2.23. The Kier molecular flexibility index (Phi) is 4.52. The van der Waals surface area contributed by atoms with Crippen molar-refractivity contribution in [2.24, 2.45) is 0 Å². The Balaban J connectivity index is 2.11. The number of hydrogen-bond donors (Lipinski definition) is 0. The second-order valence-electron chi connectivity index (χ2n) is 3.90. The zero-order valence-electron chi connectivity index (χ0n) is 9.12. The minimum Gasteiger partial charge on any atom is -0.368 e. The third kappa shape index (κ3) is 3.23. The average Bonchev–Trinajstić information content (AvgIpc) is 2.94. The number of benzene rings is 1. The predicted molar refractivity (Wildman–Crippen MR) is 76.5 cm³/mol. The molecule has 1 saturated heterocycles. The number of halogens is 3. The Labute approximate surface area is 125 Å². The van der Waals surface area contributed by atoms with Gasteiger partial charge in [-0.3, -0.25) is 0 Å². The fourth-order valence-electron chi connectivity index (χ4n) is 1.73. The van der Waals surface area contributed by atoms with Crippen LogP contribution in [0.1, 0.15) is 13.3 Å². The van der Waals surface area contributed by atoms with Gasteiger partial charge >= 0.3 is 0 Å². The lowest BCUT2D eigenvalue weighted by molar-refractivity contribution is 0.150. The summed E-state index contributed by atoms with van der Waals surface area (Å²) in [5.41, 5.74) is 0.610. The fourth-order valence-corrected chi connectivity index (χ4v) is 4.38. The maximum atomic E-state index is 12.1. The molecule has 1 aromatic rings. The number of hydrogen-bond acceptors (Lipinski definition) is 2. The summed E-state index contributed by atoms with van der Waals surface area (Å²) in [6.07, 6.45) is 1.28. The minimum atomic E-state index is 0.0694. The Morgan fingerprint density at radius 1 is 1.24 bits per heavy atom. The van der Waals surface area contributed by atoms with Crippen molar-refractivity contribution >= 4 is 53.5 Å². The molecule has 1 heterocycles. The van der Waals surface area contributed by atoms with Crippen LogP contribution in [0.25, 0.3) is 0 Å². The van der Waals surface area contributed by atoms with Crippen LogP contribution in [0.5, 0.6) is 0 Å². The van der Waals surface area contributed by atoms with Crippen LogP contribution >= 0.6 is 47.8 Å². The van der Waals surface area contributed by atoms with Gasteiger partial charge in [-0.25, -0.2) is 5.06 Å². The van der Waals surface area contributed by atoms with E-state index in [0.29, 0.717) is 12.2 Å². The van der Waals surface area contributed by atoms with Crippen LogP contribution in [0.3, 0.4) is 0 Å². The van der Waals surface area contributed by atoms with Gasteiger partial charge in [0.25, 0.3) is 0 Å². The van der Waals surface area contributed by atoms with E-state index in [1.165, 1.54) is 0 Å². The molecule has 0 saturated carbocycles. The Morgan fingerprint density at radius 3 is 2.29 bits per heavy atom. The summed E-state index contributed by atoms with van der Waals surface area (Å²) in [4.78, 5) is 0. The summed E-state index contributed by atoms with van der Waals surface area (Å²) in [7, 11) is 0. The Bertz CT molecular complexity index is 404. The fraction of sp³-hybridized carbons (Fsp3) is 0.455. The van der Waals surface area contributed by atoms with E-state index >= 15 is 0 Å². The highest BCUT2D eigenvalue weighted by atomic mass is 79.9. The van der Waals surface area contributed by atoms with Crippen LogP contribution in [0.4, 0.5) is 5.69 Å². The van der Waals surface area contributed by atoms with Crippen LogP contribution in [-0.2, 0) is 9.94 Å². The number of nitrogens with zero attached hydrogens (tertiary/aromatic N) is 1. The van der Waals surface area contributed by atoms with E-state index in [1.807, 2.05) is 12.1 Å². The van der Waals surface area contributed by atoms with E-state index in [0.717, 1.165) is 24.9 Å². The van der Waals surface area contributed by atoms with Crippen molar-refractivity contribution < 1.29 is 9.94 Å². The highest BCUT2D eigenvalue weighted by molar-refractivity contribution is 9.11. The zero-order valence-corrected chi connectivity index (χ0v) is 13.9. The van der Waals surface area contributed by atoms with Gasteiger partial charge < -0.3 is 4.74 Å². The number of rotatable bonds is 4. The first-order chi connectivity index (χ1) is 8.02. The van der Waals surface area contributed by atoms with Gasteiger partial charge in [0.15, 0.2) is 0 Å². The molecule has 2 atom stereocenters. The lowest BCUT2D eigenvalue weighted by Gasteiger charge is -2.16. The summed E-state index contributed by atoms with van der Waals surface area (Å²) >= 11 is 10.2. The maximum Gasteiger partial charge on any atom is 0.104 e. The van der Waals surface area contributed by atoms with Crippen molar-refractivity contribution in [3.05, 3.63) is 25.6 Å².